The Morgan fingerprint density at radius 1 is 1.00 bits per heavy atom. The zero-order valence-electron chi connectivity index (χ0n) is 15.6. The normalized spacial score (nSPS) is 10.5. The molecule has 7 nitrogen and oxygen atoms in total. The highest BCUT2D eigenvalue weighted by Crippen LogP contribution is 2.20. The van der Waals surface area contributed by atoms with E-state index >= 15 is 0 Å². The smallest absolute Gasteiger partial charge is 0.261 e. The van der Waals surface area contributed by atoms with Crippen LogP contribution in [0, 0.1) is 17.0 Å². The fourth-order valence-corrected chi connectivity index (χ4v) is 2.58. The lowest BCUT2D eigenvalue weighted by atomic mass is 10.1. The highest BCUT2D eigenvalue weighted by Gasteiger charge is 2.20. The maximum absolute atomic E-state index is 13.8. The lowest BCUT2D eigenvalue weighted by molar-refractivity contribution is 0.102. The van der Waals surface area contributed by atoms with Crippen molar-refractivity contribution in [3.8, 4) is 0 Å². The average molecular weight is 397 g/mol. The zero-order chi connectivity index (χ0) is 21.1. The molecule has 0 bridgehead atoms. The topological polar surface area (TPSA) is 99.9 Å². The van der Waals surface area contributed by atoms with Gasteiger partial charge in [-0.15, -0.1) is 0 Å². The van der Waals surface area contributed by atoms with Gasteiger partial charge in [0.2, 0.25) is 0 Å². The SMILES string of the molecule is CC(=N)c1ccc(C(=O)Nc2c(C(=O)Nc3ccc(F)cc3F)cnn2C)cc1. The van der Waals surface area contributed by atoms with E-state index in [1.807, 2.05) is 0 Å². The van der Waals surface area contributed by atoms with Crippen LogP contribution in [0.15, 0.2) is 48.7 Å². The van der Waals surface area contributed by atoms with Crippen LogP contribution >= 0.6 is 0 Å². The molecule has 0 fully saturated rings. The Kier molecular flexibility index (Phi) is 5.49. The Morgan fingerprint density at radius 2 is 1.66 bits per heavy atom. The molecule has 3 aromatic rings. The molecule has 3 rings (SSSR count). The average Bonchev–Trinajstić information content (AvgIpc) is 3.04. The number of aromatic nitrogens is 2. The van der Waals surface area contributed by atoms with Crippen LogP contribution in [0.2, 0.25) is 0 Å². The van der Waals surface area contributed by atoms with Crippen LogP contribution in [-0.2, 0) is 7.05 Å². The van der Waals surface area contributed by atoms with Gasteiger partial charge in [0.25, 0.3) is 11.8 Å². The minimum absolute atomic E-state index is 0.0107. The molecule has 0 saturated heterocycles. The molecule has 1 heterocycles. The molecule has 1 aromatic heterocycles. The maximum atomic E-state index is 13.8. The summed E-state index contributed by atoms with van der Waals surface area (Å²) in [6.45, 7) is 1.64. The molecule has 29 heavy (non-hydrogen) atoms. The van der Waals surface area contributed by atoms with Crippen LogP contribution in [0.4, 0.5) is 20.3 Å². The number of benzene rings is 2. The largest absolute Gasteiger partial charge is 0.319 e. The summed E-state index contributed by atoms with van der Waals surface area (Å²) in [6.07, 6.45) is 1.23. The number of hydrogen-bond acceptors (Lipinski definition) is 4. The van der Waals surface area contributed by atoms with E-state index in [2.05, 4.69) is 15.7 Å². The third-order valence-electron chi connectivity index (χ3n) is 4.17. The molecule has 9 heteroatoms. The number of anilines is 2. The number of aryl methyl sites for hydroxylation is 1. The number of nitrogens with zero attached hydrogens (tertiary/aromatic N) is 2. The third kappa shape index (κ3) is 4.34. The summed E-state index contributed by atoms with van der Waals surface area (Å²) in [4.78, 5) is 25.1. The summed E-state index contributed by atoms with van der Waals surface area (Å²) in [5.41, 5.74) is 1.19. The van der Waals surface area contributed by atoms with Gasteiger partial charge >= 0.3 is 0 Å². The molecule has 2 aromatic carbocycles. The van der Waals surface area contributed by atoms with E-state index in [4.69, 9.17) is 5.41 Å². The van der Waals surface area contributed by atoms with Crippen molar-refractivity contribution >= 4 is 29.0 Å². The van der Waals surface area contributed by atoms with E-state index < -0.39 is 23.4 Å². The lowest BCUT2D eigenvalue weighted by Gasteiger charge is -2.10. The van der Waals surface area contributed by atoms with Gasteiger partial charge in [0.15, 0.2) is 0 Å². The third-order valence-corrected chi connectivity index (χ3v) is 4.17. The molecule has 0 radical (unpaired) electrons. The Bertz CT molecular complexity index is 1110. The van der Waals surface area contributed by atoms with Gasteiger partial charge in [0.05, 0.1) is 11.9 Å². The number of hydrogen-bond donors (Lipinski definition) is 3. The number of carbonyl (C=O) groups excluding carboxylic acids is 2. The molecular formula is C20H17F2N5O2. The predicted octanol–water partition coefficient (Wildman–Crippen LogP) is 3.59. The molecule has 2 amide bonds. The molecule has 0 saturated carbocycles. The van der Waals surface area contributed by atoms with E-state index in [1.54, 1.807) is 31.2 Å². The summed E-state index contributed by atoms with van der Waals surface area (Å²) in [7, 11) is 1.53. The second-order valence-electron chi connectivity index (χ2n) is 6.27. The lowest BCUT2D eigenvalue weighted by Crippen LogP contribution is -2.19. The molecule has 0 aliphatic rings. The number of amides is 2. The Labute approximate surface area is 164 Å². The first-order valence-corrected chi connectivity index (χ1v) is 8.51. The van der Waals surface area contributed by atoms with Crippen LogP contribution in [0.25, 0.3) is 0 Å². The van der Waals surface area contributed by atoms with Gasteiger partial charge in [0.1, 0.15) is 23.0 Å². The van der Waals surface area contributed by atoms with E-state index in [0.29, 0.717) is 22.9 Å². The zero-order valence-corrected chi connectivity index (χ0v) is 15.6. The van der Waals surface area contributed by atoms with Crippen molar-refractivity contribution in [2.75, 3.05) is 10.6 Å². The van der Waals surface area contributed by atoms with Gasteiger partial charge < -0.3 is 16.0 Å². The fraction of sp³-hybridized carbons (Fsp3) is 0.100. The van der Waals surface area contributed by atoms with Crippen molar-refractivity contribution < 1.29 is 18.4 Å². The summed E-state index contributed by atoms with van der Waals surface area (Å²) < 4.78 is 28.1. The van der Waals surface area contributed by atoms with E-state index in [0.717, 1.165) is 12.1 Å². The van der Waals surface area contributed by atoms with Gasteiger partial charge in [-0.3, -0.25) is 14.3 Å². The van der Waals surface area contributed by atoms with Crippen LogP contribution in [0.5, 0.6) is 0 Å². The number of halogens is 2. The number of carbonyl (C=O) groups is 2. The minimum Gasteiger partial charge on any atom is -0.319 e. The Balaban J connectivity index is 1.80. The maximum Gasteiger partial charge on any atom is 0.261 e. The quantitative estimate of drug-likeness (QED) is 0.574. The van der Waals surface area contributed by atoms with Gasteiger partial charge in [-0.05, 0) is 36.8 Å². The first kappa shape index (κ1) is 19.9. The first-order chi connectivity index (χ1) is 13.8. The van der Waals surface area contributed by atoms with Crippen molar-refractivity contribution in [3.63, 3.8) is 0 Å². The van der Waals surface area contributed by atoms with Crippen molar-refractivity contribution in [2.45, 2.75) is 6.92 Å². The van der Waals surface area contributed by atoms with Crippen LogP contribution < -0.4 is 10.6 Å². The molecule has 0 aliphatic heterocycles. The van der Waals surface area contributed by atoms with Crippen LogP contribution in [-0.4, -0.2) is 27.3 Å². The van der Waals surface area contributed by atoms with Crippen molar-refractivity contribution in [1.29, 1.82) is 5.41 Å². The summed E-state index contributed by atoms with van der Waals surface area (Å²) in [5.74, 6) is -2.77. The van der Waals surface area contributed by atoms with E-state index in [1.165, 1.54) is 17.9 Å². The second-order valence-corrected chi connectivity index (χ2v) is 6.27. The standard InChI is InChI=1S/C20H17F2N5O2/c1-11(23)12-3-5-13(6-4-12)19(28)26-18-15(10-24-27(18)2)20(29)25-17-8-7-14(21)9-16(17)22/h3-10,23H,1-2H3,(H,25,29)(H,26,28). The van der Waals surface area contributed by atoms with Gasteiger partial charge in [-0.2, -0.15) is 5.10 Å². The van der Waals surface area contributed by atoms with Gasteiger partial charge in [0, 0.05) is 24.4 Å². The molecule has 0 atom stereocenters. The molecule has 0 unspecified atom stereocenters. The molecule has 0 spiro atoms. The molecule has 148 valence electrons. The second kappa shape index (κ2) is 8.01. The summed E-state index contributed by atoms with van der Waals surface area (Å²) in [5, 5.41) is 16.5. The first-order valence-electron chi connectivity index (χ1n) is 8.51. The summed E-state index contributed by atoms with van der Waals surface area (Å²) in [6, 6.07) is 9.19. The Morgan fingerprint density at radius 3 is 2.28 bits per heavy atom. The van der Waals surface area contributed by atoms with Gasteiger partial charge in [-0.25, -0.2) is 8.78 Å². The van der Waals surface area contributed by atoms with Crippen molar-refractivity contribution in [1.82, 2.24) is 9.78 Å². The van der Waals surface area contributed by atoms with Crippen molar-refractivity contribution in [2.24, 2.45) is 7.05 Å². The Hall–Kier alpha value is -3.88. The van der Waals surface area contributed by atoms with Gasteiger partial charge in [-0.1, -0.05) is 12.1 Å². The van der Waals surface area contributed by atoms with Crippen molar-refractivity contribution in [3.05, 3.63) is 77.0 Å². The predicted molar refractivity (Wildman–Crippen MR) is 104 cm³/mol. The molecule has 0 aliphatic carbocycles. The summed E-state index contributed by atoms with van der Waals surface area (Å²) >= 11 is 0. The van der Waals surface area contributed by atoms with E-state index in [-0.39, 0.29) is 17.1 Å². The monoisotopic (exact) mass is 397 g/mol. The fourth-order valence-electron chi connectivity index (χ4n) is 2.58. The minimum atomic E-state index is -0.922. The van der Waals surface area contributed by atoms with Crippen LogP contribution in [0.3, 0.4) is 0 Å². The molecule has 3 N–H and O–H groups in total. The highest BCUT2D eigenvalue weighted by atomic mass is 19.1. The van der Waals surface area contributed by atoms with E-state index in [9.17, 15) is 18.4 Å². The highest BCUT2D eigenvalue weighted by molar-refractivity contribution is 6.12. The van der Waals surface area contributed by atoms with Crippen LogP contribution in [0.1, 0.15) is 33.2 Å². The number of nitrogens with one attached hydrogen (secondary N) is 3. The molecular weight excluding hydrogens is 380 g/mol. The number of rotatable bonds is 5.